The fraction of sp³-hybridized carbons (Fsp3) is 0.250. The van der Waals surface area contributed by atoms with Crippen LogP contribution in [-0.2, 0) is 4.79 Å². The van der Waals surface area contributed by atoms with Gasteiger partial charge in [-0.1, -0.05) is 38.1 Å². The fourth-order valence-electron chi connectivity index (χ4n) is 2.51. The van der Waals surface area contributed by atoms with E-state index in [0.29, 0.717) is 11.7 Å². The van der Waals surface area contributed by atoms with E-state index < -0.39 is 16.7 Å². The van der Waals surface area contributed by atoms with E-state index in [9.17, 15) is 19.7 Å². The van der Waals surface area contributed by atoms with Crippen LogP contribution in [0.3, 0.4) is 0 Å². The summed E-state index contributed by atoms with van der Waals surface area (Å²) in [4.78, 5) is 34.3. The summed E-state index contributed by atoms with van der Waals surface area (Å²) in [6, 6.07) is 12.7. The standard InChI is InChI=1S/C20H22N4O5S/c1-3-13(2)16-9-4-5-10-17(16)29-12-18(25)22-23-20(30)21-19(26)14-7-6-8-15(11-14)24(27)28/h4-11,13H,3,12H2,1-2H3,(H,22,25)(H2,21,23,26,30). The maximum absolute atomic E-state index is 12.1. The normalized spacial score (nSPS) is 11.1. The zero-order valence-electron chi connectivity index (χ0n) is 16.5. The summed E-state index contributed by atoms with van der Waals surface area (Å²) < 4.78 is 5.59. The van der Waals surface area contributed by atoms with Gasteiger partial charge >= 0.3 is 0 Å². The molecule has 3 N–H and O–H groups in total. The van der Waals surface area contributed by atoms with E-state index in [4.69, 9.17) is 17.0 Å². The number of non-ortho nitro benzene ring substituents is 1. The average Bonchev–Trinajstić information content (AvgIpc) is 2.75. The zero-order chi connectivity index (χ0) is 22.1. The molecular weight excluding hydrogens is 408 g/mol. The van der Waals surface area contributed by atoms with Gasteiger partial charge < -0.3 is 4.74 Å². The number of ether oxygens (including phenoxy) is 1. The molecular formula is C20H22N4O5S. The highest BCUT2D eigenvalue weighted by Crippen LogP contribution is 2.28. The van der Waals surface area contributed by atoms with E-state index in [1.165, 1.54) is 18.2 Å². The van der Waals surface area contributed by atoms with Crippen molar-refractivity contribution < 1.29 is 19.2 Å². The number of rotatable bonds is 7. The molecule has 0 radical (unpaired) electrons. The number of para-hydroxylation sites is 1. The Bertz CT molecular complexity index is 950. The summed E-state index contributed by atoms with van der Waals surface area (Å²) in [7, 11) is 0. The number of thiocarbonyl (C=S) groups is 1. The minimum Gasteiger partial charge on any atom is -0.483 e. The highest BCUT2D eigenvalue weighted by molar-refractivity contribution is 7.80. The average molecular weight is 430 g/mol. The van der Waals surface area contributed by atoms with Gasteiger partial charge in [0, 0.05) is 17.7 Å². The maximum Gasteiger partial charge on any atom is 0.276 e. The van der Waals surface area contributed by atoms with Crippen LogP contribution in [0.5, 0.6) is 5.75 Å². The predicted molar refractivity (Wildman–Crippen MR) is 115 cm³/mol. The Morgan fingerprint density at radius 1 is 1.17 bits per heavy atom. The van der Waals surface area contributed by atoms with E-state index in [0.717, 1.165) is 18.1 Å². The monoisotopic (exact) mass is 430 g/mol. The first kappa shape index (κ1) is 22.8. The van der Waals surface area contributed by atoms with Crippen LogP contribution in [0, 0.1) is 10.1 Å². The molecule has 0 bridgehead atoms. The minimum atomic E-state index is -0.649. The molecule has 2 rings (SSSR count). The lowest BCUT2D eigenvalue weighted by molar-refractivity contribution is -0.384. The summed E-state index contributed by atoms with van der Waals surface area (Å²) in [6.45, 7) is 3.90. The Balaban J connectivity index is 1.82. The molecule has 0 aliphatic rings. The maximum atomic E-state index is 12.1. The largest absolute Gasteiger partial charge is 0.483 e. The van der Waals surface area contributed by atoms with Crippen LogP contribution in [0.15, 0.2) is 48.5 Å². The number of hydrogen-bond acceptors (Lipinski definition) is 6. The Hall–Kier alpha value is -3.53. The van der Waals surface area contributed by atoms with Gasteiger partial charge in [-0.05, 0) is 42.3 Å². The first-order valence-corrected chi connectivity index (χ1v) is 9.59. The molecule has 0 aliphatic heterocycles. The molecule has 0 saturated heterocycles. The summed E-state index contributed by atoms with van der Waals surface area (Å²) in [5.74, 6) is -0.229. The molecule has 0 aliphatic carbocycles. The number of nitrogens with one attached hydrogen (secondary N) is 3. The highest BCUT2D eigenvalue weighted by Gasteiger charge is 2.14. The van der Waals surface area contributed by atoms with Crippen LogP contribution in [0.4, 0.5) is 5.69 Å². The minimum absolute atomic E-state index is 0.0599. The SMILES string of the molecule is CCC(C)c1ccccc1OCC(=O)NNC(=S)NC(=O)c1cccc([N+](=O)[O-])c1. The Morgan fingerprint density at radius 2 is 1.90 bits per heavy atom. The van der Waals surface area contributed by atoms with Gasteiger partial charge in [0.2, 0.25) is 0 Å². The highest BCUT2D eigenvalue weighted by atomic mass is 32.1. The van der Waals surface area contributed by atoms with Crippen molar-refractivity contribution in [1.29, 1.82) is 0 Å². The third-order valence-corrected chi connectivity index (χ3v) is 4.49. The van der Waals surface area contributed by atoms with Crippen LogP contribution < -0.4 is 20.9 Å². The van der Waals surface area contributed by atoms with Crippen molar-refractivity contribution in [2.45, 2.75) is 26.2 Å². The lowest BCUT2D eigenvalue weighted by atomic mass is 9.98. The zero-order valence-corrected chi connectivity index (χ0v) is 17.3. The Morgan fingerprint density at radius 3 is 2.60 bits per heavy atom. The van der Waals surface area contributed by atoms with Gasteiger partial charge in [-0.3, -0.25) is 35.9 Å². The number of carbonyl (C=O) groups is 2. The molecule has 0 spiro atoms. The number of hydrazine groups is 1. The van der Waals surface area contributed by atoms with Crippen LogP contribution in [-0.4, -0.2) is 28.5 Å². The van der Waals surface area contributed by atoms with Crippen molar-refractivity contribution in [3.8, 4) is 5.75 Å². The van der Waals surface area contributed by atoms with Gasteiger partial charge in [0.15, 0.2) is 11.7 Å². The Labute approximate surface area is 178 Å². The molecule has 10 heteroatoms. The second-order valence-corrected chi connectivity index (χ2v) is 6.81. The third kappa shape index (κ3) is 6.52. The van der Waals surface area contributed by atoms with Gasteiger partial charge in [0.25, 0.3) is 17.5 Å². The number of amides is 2. The van der Waals surface area contributed by atoms with Gasteiger partial charge in [-0.15, -0.1) is 0 Å². The molecule has 2 aromatic rings. The number of nitro benzene ring substituents is 1. The number of nitrogens with zero attached hydrogens (tertiary/aromatic N) is 1. The summed E-state index contributed by atoms with van der Waals surface area (Å²) in [5, 5.41) is 13.0. The fourth-order valence-corrected chi connectivity index (χ4v) is 2.66. The van der Waals surface area contributed by atoms with E-state index in [1.807, 2.05) is 18.2 Å². The smallest absolute Gasteiger partial charge is 0.276 e. The lowest BCUT2D eigenvalue weighted by Crippen LogP contribution is -2.49. The van der Waals surface area contributed by atoms with E-state index in [1.54, 1.807) is 6.07 Å². The number of carbonyl (C=O) groups excluding carboxylic acids is 2. The van der Waals surface area contributed by atoms with E-state index >= 15 is 0 Å². The summed E-state index contributed by atoms with van der Waals surface area (Å²) in [6.07, 6.45) is 0.937. The van der Waals surface area contributed by atoms with Crippen LogP contribution >= 0.6 is 12.2 Å². The van der Waals surface area contributed by atoms with Crippen molar-refractivity contribution in [3.05, 3.63) is 69.8 Å². The van der Waals surface area contributed by atoms with Crippen molar-refractivity contribution in [3.63, 3.8) is 0 Å². The third-order valence-electron chi connectivity index (χ3n) is 4.28. The predicted octanol–water partition coefficient (Wildman–Crippen LogP) is 2.82. The van der Waals surface area contributed by atoms with Gasteiger partial charge in [-0.25, -0.2) is 0 Å². The molecule has 0 fully saturated rings. The molecule has 30 heavy (non-hydrogen) atoms. The first-order chi connectivity index (χ1) is 14.3. The molecule has 0 heterocycles. The van der Waals surface area contributed by atoms with Crippen molar-refractivity contribution >= 4 is 34.8 Å². The lowest BCUT2D eigenvalue weighted by Gasteiger charge is -2.16. The van der Waals surface area contributed by atoms with Crippen LogP contribution in [0.2, 0.25) is 0 Å². The second kappa shape index (κ2) is 10.9. The molecule has 0 saturated carbocycles. The molecule has 1 atom stereocenters. The molecule has 2 amide bonds. The Kier molecular flexibility index (Phi) is 8.24. The molecule has 0 aromatic heterocycles. The van der Waals surface area contributed by atoms with Gasteiger partial charge in [0.05, 0.1) is 4.92 Å². The summed E-state index contributed by atoms with van der Waals surface area (Å²) in [5.41, 5.74) is 5.57. The topological polar surface area (TPSA) is 123 Å². The first-order valence-electron chi connectivity index (χ1n) is 9.18. The molecule has 2 aromatic carbocycles. The summed E-state index contributed by atoms with van der Waals surface area (Å²) >= 11 is 4.95. The number of benzene rings is 2. The van der Waals surface area contributed by atoms with Crippen molar-refractivity contribution in [1.82, 2.24) is 16.2 Å². The van der Waals surface area contributed by atoms with E-state index in [-0.39, 0.29) is 23.0 Å². The van der Waals surface area contributed by atoms with Gasteiger partial charge in [-0.2, -0.15) is 0 Å². The second-order valence-electron chi connectivity index (χ2n) is 6.40. The molecule has 1 unspecified atom stereocenters. The van der Waals surface area contributed by atoms with Crippen molar-refractivity contribution in [2.24, 2.45) is 0 Å². The van der Waals surface area contributed by atoms with Crippen LogP contribution in [0.1, 0.15) is 42.1 Å². The van der Waals surface area contributed by atoms with Crippen molar-refractivity contribution in [2.75, 3.05) is 6.61 Å². The molecule has 9 nitrogen and oxygen atoms in total. The number of hydrogen-bond donors (Lipinski definition) is 3. The quantitative estimate of drug-likeness (QED) is 0.351. The van der Waals surface area contributed by atoms with E-state index in [2.05, 4.69) is 30.0 Å². The van der Waals surface area contributed by atoms with Gasteiger partial charge in [0.1, 0.15) is 5.75 Å². The molecule has 158 valence electrons. The number of nitro groups is 1. The van der Waals surface area contributed by atoms with Crippen LogP contribution in [0.25, 0.3) is 0 Å².